The van der Waals surface area contributed by atoms with Gasteiger partial charge in [0.2, 0.25) is 0 Å². The number of carbonyl (C=O) groups is 1. The third-order valence-electron chi connectivity index (χ3n) is 3.07. The highest BCUT2D eigenvalue weighted by molar-refractivity contribution is 6.37. The van der Waals surface area contributed by atoms with Crippen LogP contribution in [0, 0.1) is 6.92 Å². The van der Waals surface area contributed by atoms with E-state index in [1.54, 1.807) is 24.3 Å². The van der Waals surface area contributed by atoms with Crippen LogP contribution in [0.1, 0.15) is 28.4 Å². The van der Waals surface area contributed by atoms with Gasteiger partial charge in [-0.05, 0) is 37.6 Å². The second-order valence-corrected chi connectivity index (χ2v) is 5.41. The Kier molecular flexibility index (Phi) is 4.76. The number of anilines is 1. The van der Waals surface area contributed by atoms with E-state index in [9.17, 15) is 4.79 Å². The van der Waals surface area contributed by atoms with E-state index >= 15 is 0 Å². The van der Waals surface area contributed by atoms with Gasteiger partial charge in [0.1, 0.15) is 5.75 Å². The van der Waals surface area contributed by atoms with Gasteiger partial charge in [-0.2, -0.15) is 0 Å². The van der Waals surface area contributed by atoms with Crippen molar-refractivity contribution in [1.29, 1.82) is 0 Å². The molecule has 2 rings (SSSR count). The second-order valence-electron chi connectivity index (χ2n) is 4.60. The predicted octanol–water partition coefficient (Wildman–Crippen LogP) is 4.51. The van der Waals surface area contributed by atoms with E-state index in [1.807, 2.05) is 13.8 Å². The molecule has 0 atom stereocenters. The van der Waals surface area contributed by atoms with Crippen LogP contribution in [0.5, 0.6) is 5.75 Å². The SMILES string of the molecule is CCOc1cc(Cl)c(C(=O)c2cc(N)ccc2C)cc1Cl. The largest absolute Gasteiger partial charge is 0.492 e. The van der Waals surface area contributed by atoms with Crippen molar-refractivity contribution in [2.45, 2.75) is 13.8 Å². The molecule has 110 valence electrons. The summed E-state index contributed by atoms with van der Waals surface area (Å²) >= 11 is 12.3. The molecule has 0 aliphatic carbocycles. The molecule has 0 aliphatic rings. The van der Waals surface area contributed by atoms with Crippen LogP contribution in [-0.2, 0) is 0 Å². The van der Waals surface area contributed by atoms with Crippen molar-refractivity contribution in [3.63, 3.8) is 0 Å². The molecule has 0 aromatic heterocycles. The van der Waals surface area contributed by atoms with Gasteiger partial charge >= 0.3 is 0 Å². The van der Waals surface area contributed by atoms with Gasteiger partial charge in [-0.1, -0.05) is 29.3 Å². The van der Waals surface area contributed by atoms with Gasteiger partial charge in [-0.3, -0.25) is 4.79 Å². The van der Waals surface area contributed by atoms with Crippen LogP contribution in [0.4, 0.5) is 5.69 Å². The standard InChI is InChI=1S/C16H15Cl2NO2/c1-3-21-15-8-13(17)12(7-14(15)18)16(20)11-6-10(19)5-4-9(11)2/h4-8H,3,19H2,1-2H3. The minimum absolute atomic E-state index is 0.213. The molecule has 0 unspecified atom stereocenters. The molecule has 2 aromatic carbocycles. The Morgan fingerprint density at radius 1 is 1.14 bits per heavy atom. The average Bonchev–Trinajstić information content (AvgIpc) is 2.44. The molecule has 5 heteroatoms. The first-order valence-corrected chi connectivity index (χ1v) is 7.22. The molecule has 0 heterocycles. The van der Waals surface area contributed by atoms with Crippen LogP contribution in [-0.4, -0.2) is 12.4 Å². The Labute approximate surface area is 133 Å². The van der Waals surface area contributed by atoms with Gasteiger partial charge < -0.3 is 10.5 Å². The number of hydrogen-bond acceptors (Lipinski definition) is 3. The van der Waals surface area contributed by atoms with Crippen LogP contribution >= 0.6 is 23.2 Å². The number of ether oxygens (including phenoxy) is 1. The molecule has 0 fully saturated rings. The maximum Gasteiger partial charge on any atom is 0.194 e. The van der Waals surface area contributed by atoms with E-state index in [0.29, 0.717) is 39.2 Å². The number of nitrogens with two attached hydrogens (primary N) is 1. The van der Waals surface area contributed by atoms with Gasteiger partial charge in [0.15, 0.2) is 5.78 Å². The Hall–Kier alpha value is -1.71. The summed E-state index contributed by atoms with van der Waals surface area (Å²) in [6.07, 6.45) is 0. The lowest BCUT2D eigenvalue weighted by Gasteiger charge is -2.11. The first-order valence-electron chi connectivity index (χ1n) is 6.46. The third kappa shape index (κ3) is 3.31. The van der Waals surface area contributed by atoms with E-state index in [1.165, 1.54) is 6.07 Å². The predicted molar refractivity (Wildman–Crippen MR) is 86.7 cm³/mol. The number of rotatable bonds is 4. The molecule has 0 saturated heterocycles. The monoisotopic (exact) mass is 323 g/mol. The summed E-state index contributed by atoms with van der Waals surface area (Å²) in [6, 6.07) is 8.27. The summed E-state index contributed by atoms with van der Waals surface area (Å²) in [5.74, 6) is 0.250. The van der Waals surface area contributed by atoms with Crippen LogP contribution in [0.2, 0.25) is 10.0 Å². The number of hydrogen-bond donors (Lipinski definition) is 1. The number of halogens is 2. The van der Waals surface area contributed by atoms with Crippen molar-refractivity contribution >= 4 is 34.7 Å². The summed E-state index contributed by atoms with van der Waals surface area (Å²) in [5.41, 5.74) is 7.94. The van der Waals surface area contributed by atoms with E-state index < -0.39 is 0 Å². The van der Waals surface area contributed by atoms with Gasteiger partial charge in [-0.15, -0.1) is 0 Å². The minimum Gasteiger partial charge on any atom is -0.492 e. The van der Waals surface area contributed by atoms with Gasteiger partial charge in [-0.25, -0.2) is 0 Å². The fourth-order valence-electron chi connectivity index (χ4n) is 2.00. The van der Waals surface area contributed by atoms with Crippen LogP contribution in [0.3, 0.4) is 0 Å². The Balaban J connectivity index is 2.49. The molecular weight excluding hydrogens is 309 g/mol. The lowest BCUT2D eigenvalue weighted by Crippen LogP contribution is -2.06. The third-order valence-corrected chi connectivity index (χ3v) is 3.68. The maximum absolute atomic E-state index is 12.6. The Morgan fingerprint density at radius 2 is 1.86 bits per heavy atom. The number of ketones is 1. The summed E-state index contributed by atoms with van der Waals surface area (Å²) in [5, 5.41) is 0.654. The molecule has 0 aliphatic heterocycles. The topological polar surface area (TPSA) is 52.3 Å². The average molecular weight is 324 g/mol. The number of benzene rings is 2. The summed E-state index contributed by atoms with van der Waals surface area (Å²) < 4.78 is 5.35. The summed E-state index contributed by atoms with van der Waals surface area (Å²) in [6.45, 7) is 4.16. The zero-order valence-electron chi connectivity index (χ0n) is 11.7. The summed E-state index contributed by atoms with van der Waals surface area (Å²) in [7, 11) is 0. The van der Waals surface area contributed by atoms with E-state index in [0.717, 1.165) is 5.56 Å². The molecule has 21 heavy (non-hydrogen) atoms. The fraction of sp³-hybridized carbons (Fsp3) is 0.188. The molecule has 0 amide bonds. The van der Waals surface area contributed by atoms with E-state index in [2.05, 4.69) is 0 Å². The second kappa shape index (κ2) is 6.37. The zero-order valence-corrected chi connectivity index (χ0v) is 13.3. The lowest BCUT2D eigenvalue weighted by molar-refractivity contribution is 0.103. The lowest BCUT2D eigenvalue weighted by atomic mass is 9.98. The van der Waals surface area contributed by atoms with Gasteiger partial charge in [0.25, 0.3) is 0 Å². The maximum atomic E-state index is 12.6. The van der Waals surface area contributed by atoms with E-state index in [-0.39, 0.29) is 5.78 Å². The molecule has 2 aromatic rings. The van der Waals surface area contributed by atoms with Crippen LogP contribution in [0.25, 0.3) is 0 Å². The molecule has 2 N–H and O–H groups in total. The van der Waals surface area contributed by atoms with Gasteiger partial charge in [0.05, 0.1) is 16.7 Å². The van der Waals surface area contributed by atoms with Crippen molar-refractivity contribution in [3.05, 3.63) is 57.1 Å². The molecule has 0 saturated carbocycles. The van der Waals surface area contributed by atoms with Crippen molar-refractivity contribution in [3.8, 4) is 5.75 Å². The zero-order chi connectivity index (χ0) is 15.6. The minimum atomic E-state index is -0.213. The van der Waals surface area contributed by atoms with Crippen LogP contribution in [0.15, 0.2) is 30.3 Å². The number of nitrogen functional groups attached to an aromatic ring is 1. The number of aryl methyl sites for hydroxylation is 1. The van der Waals surface area contributed by atoms with Gasteiger partial charge in [0, 0.05) is 22.9 Å². The van der Waals surface area contributed by atoms with Crippen LogP contribution < -0.4 is 10.5 Å². The highest BCUT2D eigenvalue weighted by Crippen LogP contribution is 2.33. The van der Waals surface area contributed by atoms with E-state index in [4.69, 9.17) is 33.7 Å². The van der Waals surface area contributed by atoms with Crippen molar-refractivity contribution in [1.82, 2.24) is 0 Å². The quantitative estimate of drug-likeness (QED) is 0.665. The first kappa shape index (κ1) is 15.7. The van der Waals surface area contributed by atoms with Crippen molar-refractivity contribution in [2.75, 3.05) is 12.3 Å². The molecule has 0 spiro atoms. The normalized spacial score (nSPS) is 10.5. The Morgan fingerprint density at radius 3 is 2.52 bits per heavy atom. The van der Waals surface area contributed by atoms with Crippen molar-refractivity contribution < 1.29 is 9.53 Å². The highest BCUT2D eigenvalue weighted by Gasteiger charge is 2.18. The number of carbonyl (C=O) groups excluding carboxylic acids is 1. The molecular formula is C16H15Cl2NO2. The fourth-order valence-corrected chi connectivity index (χ4v) is 2.46. The summed E-state index contributed by atoms with van der Waals surface area (Å²) in [4.78, 5) is 12.6. The Bertz CT molecular complexity index is 699. The van der Waals surface area contributed by atoms with Crippen molar-refractivity contribution in [2.24, 2.45) is 0 Å². The smallest absolute Gasteiger partial charge is 0.194 e. The molecule has 3 nitrogen and oxygen atoms in total. The molecule has 0 radical (unpaired) electrons. The molecule has 0 bridgehead atoms. The highest BCUT2D eigenvalue weighted by atomic mass is 35.5. The first-order chi connectivity index (χ1) is 9.93.